The Labute approximate surface area is 430 Å². The number of Topliss-reactive ketones (excluding diaryl/α,β-unsaturated/α-hetero) is 1. The average Bonchev–Trinajstić information content (AvgIpc) is 4.17. The topological polar surface area (TPSA) is 167 Å². The summed E-state index contributed by atoms with van der Waals surface area (Å²) in [5.41, 5.74) is 6.41. The van der Waals surface area contributed by atoms with Gasteiger partial charge in [0, 0.05) is 118 Å². The molecule has 4 aliphatic rings. The number of piperazine rings is 2. The molecule has 2 aliphatic carbocycles. The Morgan fingerprint density at radius 1 is 0.671 bits per heavy atom. The van der Waals surface area contributed by atoms with Crippen molar-refractivity contribution in [2.75, 3.05) is 81.6 Å². The van der Waals surface area contributed by atoms with Crippen LogP contribution in [0.2, 0.25) is 0 Å². The molecule has 0 spiro atoms. The molecule has 2 aliphatic heterocycles. The first kappa shape index (κ1) is 51.6. The van der Waals surface area contributed by atoms with Gasteiger partial charge in [0.2, 0.25) is 5.95 Å². The van der Waals surface area contributed by atoms with Gasteiger partial charge >= 0.3 is 0 Å². The summed E-state index contributed by atoms with van der Waals surface area (Å²) in [6.45, 7) is 25.1. The van der Waals surface area contributed by atoms with Gasteiger partial charge in [-0.3, -0.25) is 33.7 Å². The minimum atomic E-state index is -0.247. The Kier molecular flexibility index (Phi) is 15.0. The third-order valence-electron chi connectivity index (χ3n) is 15.5. The van der Waals surface area contributed by atoms with Gasteiger partial charge in [0.1, 0.15) is 28.6 Å². The average molecular weight is 993 g/mol. The van der Waals surface area contributed by atoms with E-state index in [1.807, 2.05) is 30.7 Å². The van der Waals surface area contributed by atoms with Crippen molar-refractivity contribution in [1.82, 2.24) is 53.7 Å². The lowest BCUT2D eigenvalue weighted by Gasteiger charge is -2.43. The van der Waals surface area contributed by atoms with Crippen molar-refractivity contribution in [1.29, 1.82) is 0 Å². The van der Waals surface area contributed by atoms with Crippen LogP contribution < -0.4 is 20.7 Å². The fraction of sp³-hybridized carbons (Fsp3) is 0.554. The predicted molar refractivity (Wildman–Crippen MR) is 291 cm³/mol. The summed E-state index contributed by atoms with van der Waals surface area (Å²) in [6.07, 6.45) is 16.5. The van der Waals surface area contributed by atoms with Crippen LogP contribution in [-0.2, 0) is 6.42 Å². The number of rotatable bonds is 10. The number of nitrogens with one attached hydrogen (secondary N) is 1. The van der Waals surface area contributed by atoms with Crippen LogP contribution in [0.4, 0.5) is 23.1 Å². The number of nitrogens with zero attached hydrogens (tertiary/aromatic N) is 13. The van der Waals surface area contributed by atoms with E-state index < -0.39 is 0 Å². The summed E-state index contributed by atoms with van der Waals surface area (Å²) in [6, 6.07) is 10.6. The van der Waals surface area contributed by atoms with Crippen molar-refractivity contribution in [3.05, 3.63) is 93.8 Å². The molecule has 6 aromatic heterocycles. The number of hydrogen-bond acceptors (Lipinski definition) is 14. The molecule has 4 fully saturated rings. The molecule has 1 N–H and O–H groups in total. The van der Waals surface area contributed by atoms with Crippen molar-refractivity contribution in [3.8, 4) is 0 Å². The number of pyridine rings is 3. The number of amides is 1. The number of fused-ring (bicyclic) bond motifs is 2. The maximum absolute atomic E-state index is 13.4. The van der Waals surface area contributed by atoms with Crippen molar-refractivity contribution in [2.24, 2.45) is 0 Å². The van der Waals surface area contributed by atoms with Crippen molar-refractivity contribution < 1.29 is 9.59 Å². The highest BCUT2D eigenvalue weighted by atomic mass is 16.2. The molecule has 0 atom stereocenters. The zero-order valence-electron chi connectivity index (χ0n) is 44.9. The molecule has 0 radical (unpaired) electrons. The zero-order valence-corrected chi connectivity index (χ0v) is 44.9. The number of aromatic nitrogens is 8. The molecule has 17 nitrogen and oxygen atoms in total. The Balaban J connectivity index is 0.000000180. The molecule has 388 valence electrons. The van der Waals surface area contributed by atoms with E-state index in [2.05, 4.69) is 104 Å². The fourth-order valence-electron chi connectivity index (χ4n) is 11.3. The van der Waals surface area contributed by atoms with Gasteiger partial charge in [-0.2, -0.15) is 4.98 Å². The minimum Gasteiger partial charge on any atom is -0.368 e. The van der Waals surface area contributed by atoms with Gasteiger partial charge < -0.3 is 24.6 Å². The van der Waals surface area contributed by atoms with E-state index in [0.29, 0.717) is 41.1 Å². The normalized spacial score (nSPS) is 17.6. The predicted octanol–water partition coefficient (Wildman–Crippen LogP) is 8.63. The van der Waals surface area contributed by atoms with E-state index in [4.69, 9.17) is 15.0 Å². The lowest BCUT2D eigenvalue weighted by atomic mass is 10.0. The van der Waals surface area contributed by atoms with E-state index >= 15 is 0 Å². The lowest BCUT2D eigenvalue weighted by Crippen LogP contribution is -2.53. The van der Waals surface area contributed by atoms with Crippen LogP contribution in [0.25, 0.3) is 22.1 Å². The molecule has 0 aromatic carbocycles. The first-order chi connectivity index (χ1) is 34.8. The van der Waals surface area contributed by atoms with Gasteiger partial charge in [-0.15, -0.1) is 0 Å². The summed E-state index contributed by atoms with van der Waals surface area (Å²) in [5, 5.41) is 4.87. The summed E-state index contributed by atoms with van der Waals surface area (Å²) in [5.74, 6) is 1.56. The van der Waals surface area contributed by atoms with E-state index in [9.17, 15) is 14.4 Å². The number of anilines is 4. The van der Waals surface area contributed by atoms with Crippen molar-refractivity contribution in [3.63, 3.8) is 0 Å². The highest BCUT2D eigenvalue weighted by Gasteiger charge is 2.30. The standard InChI is InChI=1S/C28H37N7O2.C28H39N7O/c1-18-22-17-30-27(32-25(22)35(20-8-6-7-9-20)26(37)24(18)19(2)36)31-23-11-10-21(16-29-23)33-12-14-34(15-13-33)28(3,4)5;1-28(2,3)34-14-12-33(13-15-34)23-11-10-21(29-19-23)17-25-30-18-20-16-24(27(36)32(4)5)35(26(20)31-25)22-8-6-7-9-22/h10-11,16-17,20H,6-9,12-15H2,1-5H3,(H,29,30,31,32);10-11,16,18-19,22H,6-9,12-15,17H2,1-5H3. The zero-order chi connectivity index (χ0) is 51.8. The molecule has 73 heavy (non-hydrogen) atoms. The maximum Gasteiger partial charge on any atom is 0.270 e. The molecular weight excluding hydrogens is 917 g/mol. The summed E-state index contributed by atoms with van der Waals surface area (Å²) in [7, 11) is 3.60. The molecule has 2 saturated carbocycles. The number of carbonyl (C=O) groups is 2. The van der Waals surface area contributed by atoms with E-state index in [0.717, 1.165) is 125 Å². The van der Waals surface area contributed by atoms with Crippen LogP contribution in [0.3, 0.4) is 0 Å². The van der Waals surface area contributed by atoms with Crippen LogP contribution in [0.5, 0.6) is 0 Å². The quantitative estimate of drug-likeness (QED) is 0.130. The largest absolute Gasteiger partial charge is 0.368 e. The Morgan fingerprint density at radius 3 is 1.74 bits per heavy atom. The van der Waals surface area contributed by atoms with Crippen molar-refractivity contribution >= 4 is 56.9 Å². The first-order valence-corrected chi connectivity index (χ1v) is 26.5. The third-order valence-corrected chi connectivity index (χ3v) is 15.5. The maximum atomic E-state index is 13.4. The molecule has 1 amide bonds. The molecule has 10 rings (SSSR count). The van der Waals surface area contributed by atoms with Crippen molar-refractivity contribution in [2.45, 2.75) is 136 Å². The van der Waals surface area contributed by atoms with Gasteiger partial charge in [-0.05, 0) is 117 Å². The Morgan fingerprint density at radius 2 is 1.23 bits per heavy atom. The summed E-state index contributed by atoms with van der Waals surface area (Å²) >= 11 is 0. The number of aryl methyl sites for hydroxylation is 1. The third kappa shape index (κ3) is 11.3. The molecule has 2 saturated heterocycles. The number of carbonyl (C=O) groups excluding carboxylic acids is 2. The second-order valence-corrected chi connectivity index (χ2v) is 22.7. The highest BCUT2D eigenvalue weighted by molar-refractivity contribution is 5.99. The van der Waals surface area contributed by atoms with Gasteiger partial charge in [-0.25, -0.2) is 19.9 Å². The van der Waals surface area contributed by atoms with E-state index in [1.54, 1.807) is 36.7 Å². The van der Waals surface area contributed by atoms with Gasteiger partial charge in [-0.1, -0.05) is 25.7 Å². The van der Waals surface area contributed by atoms with Crippen LogP contribution >= 0.6 is 0 Å². The SMILES string of the molecule is CC(=O)c1c(C)c2cnc(Nc3ccc(N4CCN(C(C)(C)C)CC4)cn3)nc2n(C2CCCC2)c1=O.CN(C)C(=O)c1cc2cnc(Cc3ccc(N4CCN(C(C)(C)C)CC4)cn3)nc2n1C1CCCC1. The highest BCUT2D eigenvalue weighted by Crippen LogP contribution is 2.36. The fourth-order valence-corrected chi connectivity index (χ4v) is 11.3. The molecule has 8 heterocycles. The van der Waals surface area contributed by atoms with Gasteiger partial charge in [0.25, 0.3) is 11.5 Å². The first-order valence-electron chi connectivity index (χ1n) is 26.5. The Bertz CT molecular complexity index is 2980. The van der Waals surface area contributed by atoms with Crippen LogP contribution in [-0.4, -0.2) is 143 Å². The second kappa shape index (κ2) is 21.3. The minimum absolute atomic E-state index is 0.0158. The molecule has 17 heteroatoms. The van der Waals surface area contributed by atoms with E-state index in [1.165, 1.54) is 25.5 Å². The summed E-state index contributed by atoms with van der Waals surface area (Å²) in [4.78, 5) is 78.3. The smallest absolute Gasteiger partial charge is 0.270 e. The van der Waals surface area contributed by atoms with Crippen LogP contribution in [0.1, 0.15) is 150 Å². The van der Waals surface area contributed by atoms with Crippen LogP contribution in [0.15, 0.2) is 59.9 Å². The molecular formula is C56H76N14O3. The number of ketones is 1. The Hall–Kier alpha value is -6.33. The van der Waals surface area contributed by atoms with E-state index in [-0.39, 0.29) is 39.9 Å². The molecule has 6 aromatic rings. The molecule has 0 bridgehead atoms. The summed E-state index contributed by atoms with van der Waals surface area (Å²) < 4.78 is 3.90. The molecule has 0 unspecified atom stereocenters. The monoisotopic (exact) mass is 993 g/mol. The number of hydrogen-bond donors (Lipinski definition) is 1. The second-order valence-electron chi connectivity index (χ2n) is 22.7. The lowest BCUT2D eigenvalue weighted by molar-refractivity contribution is 0.0815. The van der Waals surface area contributed by atoms with Gasteiger partial charge in [0.15, 0.2) is 5.78 Å². The van der Waals surface area contributed by atoms with Gasteiger partial charge in [0.05, 0.1) is 35.8 Å². The van der Waals surface area contributed by atoms with Crippen LogP contribution in [0, 0.1) is 6.92 Å².